The van der Waals surface area contributed by atoms with Crippen LogP contribution in [-0.2, 0) is 11.2 Å². The Bertz CT molecular complexity index is 529. The number of hydrogen-bond donors (Lipinski definition) is 1. The molecule has 3 heteroatoms. The van der Waals surface area contributed by atoms with Gasteiger partial charge in [-0.15, -0.1) is 0 Å². The van der Waals surface area contributed by atoms with Gasteiger partial charge in [0.25, 0.3) is 0 Å². The van der Waals surface area contributed by atoms with E-state index in [1.165, 1.54) is 5.56 Å². The van der Waals surface area contributed by atoms with Crippen LogP contribution in [0.1, 0.15) is 53.0 Å². The number of rotatable bonds is 4. The highest BCUT2D eigenvalue weighted by Gasteiger charge is 2.27. The lowest BCUT2D eigenvalue weighted by molar-refractivity contribution is -0.120. The third kappa shape index (κ3) is 4.75. The van der Waals surface area contributed by atoms with Crippen molar-refractivity contribution in [3.63, 3.8) is 0 Å². The predicted molar refractivity (Wildman–Crippen MR) is 91.3 cm³/mol. The summed E-state index contributed by atoms with van der Waals surface area (Å²) < 4.78 is 5.77. The van der Waals surface area contributed by atoms with Crippen molar-refractivity contribution in [3.8, 4) is 5.75 Å². The highest BCUT2D eigenvalue weighted by Crippen LogP contribution is 2.33. The minimum absolute atomic E-state index is 0.0902. The van der Waals surface area contributed by atoms with Gasteiger partial charge in [0.15, 0.2) is 0 Å². The van der Waals surface area contributed by atoms with E-state index in [1.54, 1.807) is 0 Å². The molecule has 0 fully saturated rings. The second kappa shape index (κ2) is 6.72. The highest BCUT2D eigenvalue weighted by atomic mass is 16.5. The molecule has 0 aromatic heterocycles. The zero-order valence-corrected chi connectivity index (χ0v) is 14.5. The van der Waals surface area contributed by atoms with Gasteiger partial charge in [-0.05, 0) is 42.2 Å². The van der Waals surface area contributed by atoms with Crippen molar-refractivity contribution < 1.29 is 9.53 Å². The van der Waals surface area contributed by atoms with Gasteiger partial charge in [0.2, 0.25) is 5.91 Å². The molecule has 1 aromatic rings. The van der Waals surface area contributed by atoms with Gasteiger partial charge in [-0.2, -0.15) is 0 Å². The van der Waals surface area contributed by atoms with Crippen LogP contribution in [0.2, 0.25) is 0 Å². The summed E-state index contributed by atoms with van der Waals surface area (Å²) in [5, 5.41) is 3.10. The van der Waals surface area contributed by atoms with Crippen LogP contribution in [0.3, 0.4) is 0 Å². The van der Waals surface area contributed by atoms with Crippen LogP contribution in [-0.4, -0.2) is 12.5 Å². The Hall–Kier alpha value is -1.51. The Kier molecular flexibility index (Phi) is 5.15. The van der Waals surface area contributed by atoms with Gasteiger partial charge in [-0.3, -0.25) is 4.79 Å². The SMILES string of the molecule is CC(C)COc1ccc2c(c1)NC(=O)C(CC(C)(C)C)CC2. The zero-order chi connectivity index (χ0) is 16.3. The molecular formula is C19H29NO2. The number of carbonyl (C=O) groups excluding carboxylic acids is 1. The van der Waals surface area contributed by atoms with Crippen LogP contribution in [0.15, 0.2) is 18.2 Å². The van der Waals surface area contributed by atoms with E-state index in [0.29, 0.717) is 12.5 Å². The molecule has 1 atom stereocenters. The van der Waals surface area contributed by atoms with E-state index < -0.39 is 0 Å². The van der Waals surface area contributed by atoms with Crippen molar-refractivity contribution in [2.24, 2.45) is 17.3 Å². The lowest BCUT2D eigenvalue weighted by Crippen LogP contribution is -2.25. The van der Waals surface area contributed by atoms with Crippen LogP contribution in [0.4, 0.5) is 5.69 Å². The van der Waals surface area contributed by atoms with Crippen molar-refractivity contribution in [1.82, 2.24) is 0 Å². The topological polar surface area (TPSA) is 38.3 Å². The molecule has 0 saturated heterocycles. The van der Waals surface area contributed by atoms with Crippen LogP contribution in [0.25, 0.3) is 0 Å². The van der Waals surface area contributed by atoms with Gasteiger partial charge in [-0.25, -0.2) is 0 Å². The van der Waals surface area contributed by atoms with E-state index in [9.17, 15) is 4.79 Å². The maximum Gasteiger partial charge on any atom is 0.227 e. The molecule has 1 N–H and O–H groups in total. The summed E-state index contributed by atoms with van der Waals surface area (Å²) >= 11 is 0. The molecule has 1 aliphatic rings. The van der Waals surface area contributed by atoms with Crippen molar-refractivity contribution in [1.29, 1.82) is 0 Å². The Labute approximate surface area is 134 Å². The van der Waals surface area contributed by atoms with Crippen LogP contribution >= 0.6 is 0 Å². The molecule has 3 nitrogen and oxygen atoms in total. The fourth-order valence-electron chi connectivity index (χ4n) is 2.87. The lowest BCUT2D eigenvalue weighted by atomic mass is 9.82. The van der Waals surface area contributed by atoms with Crippen LogP contribution in [0.5, 0.6) is 5.75 Å². The van der Waals surface area contributed by atoms with Gasteiger partial charge < -0.3 is 10.1 Å². The number of carbonyl (C=O) groups is 1. The number of nitrogens with one attached hydrogen (secondary N) is 1. The number of anilines is 1. The molecule has 122 valence electrons. The number of aryl methyl sites for hydroxylation is 1. The van der Waals surface area contributed by atoms with Gasteiger partial charge in [-0.1, -0.05) is 40.7 Å². The summed E-state index contributed by atoms with van der Waals surface area (Å²) in [6.07, 6.45) is 2.78. The molecule has 1 aliphatic heterocycles. The summed E-state index contributed by atoms with van der Waals surface area (Å²) in [6, 6.07) is 6.07. The third-order valence-corrected chi connectivity index (χ3v) is 3.91. The summed E-state index contributed by atoms with van der Waals surface area (Å²) in [7, 11) is 0. The van der Waals surface area contributed by atoms with Gasteiger partial charge in [0, 0.05) is 17.7 Å². The Morgan fingerprint density at radius 1 is 1.32 bits per heavy atom. The summed E-state index contributed by atoms with van der Waals surface area (Å²) in [6.45, 7) is 11.5. The van der Waals surface area contributed by atoms with E-state index in [-0.39, 0.29) is 17.2 Å². The molecule has 1 unspecified atom stereocenters. The van der Waals surface area contributed by atoms with Crippen molar-refractivity contribution in [2.75, 3.05) is 11.9 Å². The molecule has 2 rings (SSSR count). The van der Waals surface area contributed by atoms with Gasteiger partial charge in [0.05, 0.1) is 6.61 Å². The quantitative estimate of drug-likeness (QED) is 0.878. The van der Waals surface area contributed by atoms with Crippen LogP contribution in [0, 0.1) is 17.3 Å². The second-order valence-electron chi connectivity index (χ2n) is 8.01. The summed E-state index contributed by atoms with van der Waals surface area (Å²) in [4.78, 5) is 12.5. The van der Waals surface area contributed by atoms with Crippen LogP contribution < -0.4 is 10.1 Å². The molecule has 1 amide bonds. The fraction of sp³-hybridized carbons (Fsp3) is 0.632. The van der Waals surface area contributed by atoms with E-state index in [1.807, 2.05) is 12.1 Å². The molecule has 0 radical (unpaired) electrons. The number of fused-ring (bicyclic) bond motifs is 1. The standard InChI is InChI=1S/C19H29NO2/c1-13(2)12-22-16-9-8-14-6-7-15(11-19(3,4)5)18(21)20-17(14)10-16/h8-10,13,15H,6-7,11-12H2,1-5H3,(H,20,21). The summed E-state index contributed by atoms with van der Waals surface area (Å²) in [5.74, 6) is 1.56. The number of benzene rings is 1. The highest BCUT2D eigenvalue weighted by molar-refractivity contribution is 5.94. The van der Waals surface area contributed by atoms with Gasteiger partial charge >= 0.3 is 0 Å². The largest absolute Gasteiger partial charge is 0.493 e. The zero-order valence-electron chi connectivity index (χ0n) is 14.5. The molecule has 0 bridgehead atoms. The average Bonchev–Trinajstić information content (AvgIpc) is 2.54. The van der Waals surface area contributed by atoms with Crippen molar-refractivity contribution in [3.05, 3.63) is 23.8 Å². The minimum atomic E-state index is 0.0902. The van der Waals surface area contributed by atoms with E-state index in [2.05, 4.69) is 46.0 Å². The minimum Gasteiger partial charge on any atom is -0.493 e. The first-order valence-corrected chi connectivity index (χ1v) is 8.31. The molecule has 22 heavy (non-hydrogen) atoms. The average molecular weight is 303 g/mol. The van der Waals surface area contributed by atoms with E-state index in [4.69, 9.17) is 4.74 Å². The molecule has 1 heterocycles. The molecule has 0 spiro atoms. The normalized spacial score (nSPS) is 18.6. The first-order chi connectivity index (χ1) is 10.2. The second-order valence-corrected chi connectivity index (χ2v) is 8.01. The molecular weight excluding hydrogens is 274 g/mol. The number of ether oxygens (including phenoxy) is 1. The monoisotopic (exact) mass is 303 g/mol. The van der Waals surface area contributed by atoms with Crippen molar-refractivity contribution in [2.45, 2.75) is 53.9 Å². The molecule has 0 aliphatic carbocycles. The van der Waals surface area contributed by atoms with Crippen molar-refractivity contribution >= 4 is 11.6 Å². The Balaban J connectivity index is 2.11. The fourth-order valence-corrected chi connectivity index (χ4v) is 2.87. The van der Waals surface area contributed by atoms with E-state index in [0.717, 1.165) is 30.7 Å². The van der Waals surface area contributed by atoms with E-state index >= 15 is 0 Å². The maximum absolute atomic E-state index is 12.5. The van der Waals surface area contributed by atoms with Gasteiger partial charge in [0.1, 0.15) is 5.75 Å². The smallest absolute Gasteiger partial charge is 0.227 e. The number of amides is 1. The first-order valence-electron chi connectivity index (χ1n) is 8.31. The lowest BCUT2D eigenvalue weighted by Gasteiger charge is -2.23. The molecule has 0 saturated carbocycles. The third-order valence-electron chi connectivity index (χ3n) is 3.91. The predicted octanol–water partition coefficient (Wildman–Crippen LogP) is 4.66. The number of hydrogen-bond acceptors (Lipinski definition) is 2. The first kappa shape index (κ1) is 16.9. The maximum atomic E-state index is 12.5. The summed E-state index contributed by atoms with van der Waals surface area (Å²) in [5.41, 5.74) is 2.30. The Morgan fingerprint density at radius 3 is 2.68 bits per heavy atom. The molecule has 1 aromatic carbocycles. The Morgan fingerprint density at radius 2 is 2.05 bits per heavy atom.